The fourth-order valence-electron chi connectivity index (χ4n) is 2.04. The van der Waals surface area contributed by atoms with Crippen LogP contribution in [0.15, 0.2) is 40.8 Å². The Morgan fingerprint density at radius 1 is 1.22 bits per heavy atom. The first-order valence-corrected chi connectivity index (χ1v) is 7.40. The lowest BCUT2D eigenvalue weighted by molar-refractivity contribution is -0.129. The highest BCUT2D eigenvalue weighted by molar-refractivity contribution is 5.90. The number of carbonyl (C=O) groups excluding carboxylic acids is 2. The van der Waals surface area contributed by atoms with Gasteiger partial charge in [-0.1, -0.05) is 0 Å². The second-order valence-corrected chi connectivity index (χ2v) is 5.50. The predicted octanol–water partition coefficient (Wildman–Crippen LogP) is 2.91. The molecule has 0 aliphatic heterocycles. The largest absolute Gasteiger partial charge is 0.449 e. The average molecular weight is 317 g/mol. The highest BCUT2D eigenvalue weighted by atomic mass is 19.1. The van der Waals surface area contributed by atoms with Gasteiger partial charge < -0.3 is 14.5 Å². The summed E-state index contributed by atoms with van der Waals surface area (Å²) in [5, 5.41) is 2.76. The number of furan rings is 1. The van der Waals surface area contributed by atoms with E-state index >= 15 is 0 Å². The molecule has 1 aliphatic carbocycles. The highest BCUT2D eigenvalue weighted by Gasteiger charge is 2.28. The van der Waals surface area contributed by atoms with Crippen LogP contribution in [0.25, 0.3) is 11.3 Å². The lowest BCUT2D eigenvalue weighted by atomic mass is 10.2. The summed E-state index contributed by atoms with van der Waals surface area (Å²) in [7, 11) is 0. The third kappa shape index (κ3) is 3.77. The smallest absolute Gasteiger partial charge is 0.375 e. The first kappa shape index (κ1) is 15.3. The fraction of sp³-hybridized carbons (Fsp3) is 0.294. The van der Waals surface area contributed by atoms with Crippen LogP contribution in [-0.4, -0.2) is 24.0 Å². The van der Waals surface area contributed by atoms with Crippen molar-refractivity contribution in [3.63, 3.8) is 0 Å². The SMILES string of the molecule is CC(OC(=O)c1ccc(-c2ccc(F)cc2)o1)C(=O)NC1CC1. The lowest BCUT2D eigenvalue weighted by Crippen LogP contribution is -2.37. The number of carbonyl (C=O) groups is 2. The van der Waals surface area contributed by atoms with Crippen molar-refractivity contribution in [2.45, 2.75) is 31.9 Å². The Balaban J connectivity index is 1.63. The fourth-order valence-corrected chi connectivity index (χ4v) is 2.04. The van der Waals surface area contributed by atoms with E-state index in [1.807, 2.05) is 0 Å². The van der Waals surface area contributed by atoms with Crippen LogP contribution in [-0.2, 0) is 9.53 Å². The summed E-state index contributed by atoms with van der Waals surface area (Å²) in [6.45, 7) is 1.51. The Hall–Kier alpha value is -2.63. The molecule has 1 saturated carbocycles. The van der Waals surface area contributed by atoms with Crippen molar-refractivity contribution in [3.8, 4) is 11.3 Å². The number of hydrogen-bond donors (Lipinski definition) is 1. The summed E-state index contributed by atoms with van der Waals surface area (Å²) >= 11 is 0. The minimum absolute atomic E-state index is 0.00426. The molecule has 0 spiro atoms. The maximum Gasteiger partial charge on any atom is 0.375 e. The Kier molecular flexibility index (Phi) is 4.14. The second-order valence-electron chi connectivity index (χ2n) is 5.50. The summed E-state index contributed by atoms with van der Waals surface area (Å²) in [6.07, 6.45) is 1.04. The third-order valence-electron chi connectivity index (χ3n) is 3.51. The lowest BCUT2D eigenvalue weighted by Gasteiger charge is -2.12. The van der Waals surface area contributed by atoms with Crippen molar-refractivity contribution in [3.05, 3.63) is 48.0 Å². The quantitative estimate of drug-likeness (QED) is 0.861. The molecule has 0 radical (unpaired) electrons. The van der Waals surface area contributed by atoms with Gasteiger partial charge in [0.15, 0.2) is 6.10 Å². The van der Waals surface area contributed by atoms with Crippen molar-refractivity contribution in [2.75, 3.05) is 0 Å². The van der Waals surface area contributed by atoms with Crippen LogP contribution in [0, 0.1) is 5.82 Å². The minimum atomic E-state index is -0.887. The third-order valence-corrected chi connectivity index (χ3v) is 3.51. The maximum atomic E-state index is 12.9. The first-order valence-electron chi connectivity index (χ1n) is 7.40. The van der Waals surface area contributed by atoms with Gasteiger partial charge in [0.05, 0.1) is 0 Å². The molecule has 1 atom stereocenters. The van der Waals surface area contributed by atoms with Crippen molar-refractivity contribution in [1.82, 2.24) is 5.32 Å². The summed E-state index contributed by atoms with van der Waals surface area (Å²) < 4.78 is 23.4. The number of nitrogens with one attached hydrogen (secondary N) is 1. The zero-order valence-corrected chi connectivity index (χ0v) is 12.5. The van der Waals surface area contributed by atoms with E-state index in [4.69, 9.17) is 9.15 Å². The van der Waals surface area contributed by atoms with Gasteiger partial charge in [0, 0.05) is 11.6 Å². The van der Waals surface area contributed by atoms with E-state index in [0.717, 1.165) is 12.8 Å². The van der Waals surface area contributed by atoms with Crippen LogP contribution in [0.1, 0.15) is 30.3 Å². The molecule has 0 bridgehead atoms. The second kappa shape index (κ2) is 6.24. The van der Waals surface area contributed by atoms with Gasteiger partial charge in [-0.15, -0.1) is 0 Å². The van der Waals surface area contributed by atoms with Crippen molar-refractivity contribution >= 4 is 11.9 Å². The van der Waals surface area contributed by atoms with Gasteiger partial charge in [0.2, 0.25) is 5.76 Å². The molecular formula is C17H16FNO4. The van der Waals surface area contributed by atoms with Gasteiger partial charge in [-0.3, -0.25) is 4.79 Å². The normalized spacial score (nSPS) is 15.0. The molecule has 1 aromatic carbocycles. The Morgan fingerprint density at radius 2 is 1.91 bits per heavy atom. The number of rotatable bonds is 5. The van der Waals surface area contributed by atoms with Gasteiger partial charge in [-0.2, -0.15) is 0 Å². The first-order chi connectivity index (χ1) is 11.0. The van der Waals surface area contributed by atoms with E-state index in [-0.39, 0.29) is 23.5 Å². The van der Waals surface area contributed by atoms with Gasteiger partial charge in [0.1, 0.15) is 11.6 Å². The number of hydrogen-bond acceptors (Lipinski definition) is 4. The van der Waals surface area contributed by atoms with Crippen LogP contribution in [0.5, 0.6) is 0 Å². The van der Waals surface area contributed by atoms with E-state index in [1.165, 1.54) is 25.1 Å². The molecule has 0 saturated heterocycles. The van der Waals surface area contributed by atoms with Gasteiger partial charge in [0.25, 0.3) is 5.91 Å². The number of esters is 1. The van der Waals surface area contributed by atoms with Crippen molar-refractivity contribution < 1.29 is 23.1 Å². The van der Waals surface area contributed by atoms with E-state index < -0.39 is 12.1 Å². The standard InChI is InChI=1S/C17H16FNO4/c1-10(16(20)19-13-6-7-13)22-17(21)15-9-8-14(23-15)11-2-4-12(18)5-3-11/h2-5,8-10,13H,6-7H2,1H3,(H,19,20). The minimum Gasteiger partial charge on any atom is -0.449 e. The van der Waals surface area contributed by atoms with Crippen LogP contribution < -0.4 is 5.32 Å². The van der Waals surface area contributed by atoms with Crippen LogP contribution in [0.4, 0.5) is 4.39 Å². The molecule has 5 nitrogen and oxygen atoms in total. The molecule has 3 rings (SSSR count). The number of ether oxygens (including phenoxy) is 1. The average Bonchev–Trinajstić information content (AvgIpc) is 3.20. The molecule has 23 heavy (non-hydrogen) atoms. The van der Waals surface area contributed by atoms with E-state index in [9.17, 15) is 14.0 Å². The molecule has 2 aromatic rings. The molecule has 1 heterocycles. The molecule has 1 aromatic heterocycles. The predicted molar refractivity (Wildman–Crippen MR) is 80.1 cm³/mol. The zero-order valence-electron chi connectivity index (χ0n) is 12.5. The summed E-state index contributed by atoms with van der Waals surface area (Å²) in [5.41, 5.74) is 0.643. The zero-order chi connectivity index (χ0) is 16.4. The summed E-state index contributed by atoms with van der Waals surface area (Å²) in [4.78, 5) is 23.8. The van der Waals surface area contributed by atoms with E-state index in [1.54, 1.807) is 18.2 Å². The summed E-state index contributed by atoms with van der Waals surface area (Å²) in [6, 6.07) is 8.98. The molecule has 120 valence electrons. The summed E-state index contributed by atoms with van der Waals surface area (Å²) in [5.74, 6) is -0.958. The van der Waals surface area contributed by atoms with E-state index in [2.05, 4.69) is 5.32 Å². The molecule has 1 fully saturated rings. The van der Waals surface area contributed by atoms with Gasteiger partial charge >= 0.3 is 5.97 Å². The van der Waals surface area contributed by atoms with Crippen LogP contribution >= 0.6 is 0 Å². The molecular weight excluding hydrogens is 301 g/mol. The number of halogens is 1. The van der Waals surface area contributed by atoms with Gasteiger partial charge in [-0.05, 0) is 56.2 Å². The molecule has 6 heteroatoms. The van der Waals surface area contributed by atoms with Crippen molar-refractivity contribution in [2.24, 2.45) is 0 Å². The molecule has 1 aliphatic rings. The number of benzene rings is 1. The molecule has 1 amide bonds. The Morgan fingerprint density at radius 3 is 2.57 bits per heavy atom. The topological polar surface area (TPSA) is 68.5 Å². The van der Waals surface area contributed by atoms with Crippen molar-refractivity contribution in [1.29, 1.82) is 0 Å². The van der Waals surface area contributed by atoms with Gasteiger partial charge in [-0.25, -0.2) is 9.18 Å². The maximum absolute atomic E-state index is 12.9. The monoisotopic (exact) mass is 317 g/mol. The van der Waals surface area contributed by atoms with Crippen LogP contribution in [0.3, 0.4) is 0 Å². The molecule has 1 N–H and O–H groups in total. The van der Waals surface area contributed by atoms with Crippen LogP contribution in [0.2, 0.25) is 0 Å². The van der Waals surface area contributed by atoms with E-state index in [0.29, 0.717) is 11.3 Å². The molecule has 1 unspecified atom stereocenters. The highest BCUT2D eigenvalue weighted by Crippen LogP contribution is 2.23. The number of amides is 1. The Bertz CT molecular complexity index is 718. The Labute approximate surface area is 132 Å².